The summed E-state index contributed by atoms with van der Waals surface area (Å²) in [6.07, 6.45) is 2.79. The van der Waals surface area contributed by atoms with Gasteiger partial charge in [-0.1, -0.05) is 0 Å². The van der Waals surface area contributed by atoms with Gasteiger partial charge in [0.15, 0.2) is 5.65 Å². The van der Waals surface area contributed by atoms with E-state index < -0.39 is 26.6 Å². The zero-order chi connectivity index (χ0) is 15.9. The lowest BCUT2D eigenvalue weighted by molar-refractivity contribution is 0.555. The molecule has 22 heavy (non-hydrogen) atoms. The molecule has 0 aliphatic heterocycles. The maximum atomic E-state index is 13.6. The van der Waals surface area contributed by atoms with E-state index in [0.717, 1.165) is 12.1 Å². The van der Waals surface area contributed by atoms with Crippen molar-refractivity contribution >= 4 is 26.7 Å². The van der Waals surface area contributed by atoms with Crippen LogP contribution in [0, 0.1) is 11.6 Å². The number of nitrogens with one attached hydrogen (secondary N) is 1. The lowest BCUT2D eigenvalue weighted by atomic mass is 10.3. The van der Waals surface area contributed by atoms with Crippen molar-refractivity contribution in [1.29, 1.82) is 0 Å². The Hall–Kier alpha value is -2.55. The van der Waals surface area contributed by atoms with Crippen molar-refractivity contribution < 1.29 is 17.2 Å². The molecule has 0 amide bonds. The number of hydrogen-bond acceptors (Lipinski definition) is 4. The first kappa shape index (κ1) is 14.4. The third-order valence-corrected chi connectivity index (χ3v) is 4.40. The van der Waals surface area contributed by atoms with E-state index in [9.17, 15) is 17.2 Å². The molecule has 0 aliphatic rings. The Morgan fingerprint density at radius 3 is 2.73 bits per heavy atom. The van der Waals surface area contributed by atoms with Crippen molar-refractivity contribution in [3.05, 3.63) is 48.3 Å². The molecule has 0 aliphatic carbocycles. The van der Waals surface area contributed by atoms with Gasteiger partial charge in [-0.05, 0) is 24.3 Å². The van der Waals surface area contributed by atoms with Crippen LogP contribution in [0.4, 0.5) is 14.5 Å². The molecule has 114 valence electrons. The molecule has 0 unspecified atom stereocenters. The Morgan fingerprint density at radius 2 is 1.95 bits per heavy atom. The normalized spacial score (nSPS) is 11.8. The van der Waals surface area contributed by atoms with Gasteiger partial charge in [-0.2, -0.15) is 5.10 Å². The van der Waals surface area contributed by atoms with Crippen molar-refractivity contribution in [1.82, 2.24) is 14.8 Å². The van der Waals surface area contributed by atoms with Gasteiger partial charge in [0.25, 0.3) is 10.0 Å². The molecule has 0 fully saturated rings. The van der Waals surface area contributed by atoms with Gasteiger partial charge < -0.3 is 0 Å². The summed E-state index contributed by atoms with van der Waals surface area (Å²) in [5, 5.41) is 4.60. The summed E-state index contributed by atoms with van der Waals surface area (Å²) in [6, 6.07) is 3.72. The largest absolute Gasteiger partial charge is 0.278 e. The molecule has 0 bridgehead atoms. The number of rotatable bonds is 3. The minimum absolute atomic E-state index is 0.129. The van der Waals surface area contributed by atoms with Crippen LogP contribution in [0.5, 0.6) is 0 Å². The van der Waals surface area contributed by atoms with Crippen LogP contribution in [0.15, 0.2) is 41.6 Å². The smallest absolute Gasteiger partial charge is 0.264 e. The number of hydrogen-bond donors (Lipinski definition) is 1. The third-order valence-electron chi connectivity index (χ3n) is 3.01. The standard InChI is InChI=1S/C13H10F2N4O2S/c1-19-13-8(6-17-19)4-10(7-16-13)18-22(20,21)12-5-9(14)2-3-11(12)15/h2-7,18H,1H3. The first-order valence-electron chi connectivity index (χ1n) is 6.12. The Bertz CT molecular complexity index is 969. The van der Waals surface area contributed by atoms with E-state index in [2.05, 4.69) is 14.8 Å². The minimum Gasteiger partial charge on any atom is -0.278 e. The molecule has 0 spiro atoms. The van der Waals surface area contributed by atoms with Gasteiger partial charge in [0, 0.05) is 12.4 Å². The minimum atomic E-state index is -4.26. The maximum absolute atomic E-state index is 13.6. The Morgan fingerprint density at radius 1 is 1.18 bits per heavy atom. The van der Waals surface area contributed by atoms with Crippen LogP contribution in [0.2, 0.25) is 0 Å². The van der Waals surface area contributed by atoms with Gasteiger partial charge in [0.1, 0.15) is 16.5 Å². The summed E-state index contributed by atoms with van der Waals surface area (Å²) in [5.41, 5.74) is 0.698. The quantitative estimate of drug-likeness (QED) is 0.800. The summed E-state index contributed by atoms with van der Waals surface area (Å²) in [5.74, 6) is -1.88. The second-order valence-electron chi connectivity index (χ2n) is 4.59. The zero-order valence-electron chi connectivity index (χ0n) is 11.3. The van der Waals surface area contributed by atoms with Crippen LogP contribution in [0.1, 0.15) is 0 Å². The predicted molar refractivity (Wildman–Crippen MR) is 75.7 cm³/mol. The fraction of sp³-hybridized carbons (Fsp3) is 0.0769. The van der Waals surface area contributed by atoms with E-state index in [4.69, 9.17) is 0 Å². The van der Waals surface area contributed by atoms with Crippen LogP contribution < -0.4 is 4.72 Å². The molecular formula is C13H10F2N4O2S. The van der Waals surface area contributed by atoms with Crippen molar-refractivity contribution in [3.8, 4) is 0 Å². The molecular weight excluding hydrogens is 314 g/mol. The fourth-order valence-electron chi connectivity index (χ4n) is 1.99. The summed E-state index contributed by atoms with van der Waals surface area (Å²) in [4.78, 5) is 3.30. The molecule has 2 aromatic heterocycles. The number of benzene rings is 1. The summed E-state index contributed by atoms with van der Waals surface area (Å²) in [6.45, 7) is 0. The van der Waals surface area contributed by atoms with Crippen molar-refractivity contribution in [3.63, 3.8) is 0 Å². The Labute approximate surface area is 124 Å². The van der Waals surface area contributed by atoms with E-state index in [1.807, 2.05) is 0 Å². The van der Waals surface area contributed by atoms with E-state index in [1.165, 1.54) is 23.1 Å². The van der Waals surface area contributed by atoms with E-state index >= 15 is 0 Å². The SMILES string of the molecule is Cn1ncc2cc(NS(=O)(=O)c3cc(F)ccc3F)cnc21. The Kier molecular flexibility index (Phi) is 3.28. The number of aromatic nitrogens is 3. The molecule has 1 N–H and O–H groups in total. The second-order valence-corrected chi connectivity index (χ2v) is 6.24. The molecule has 0 radical (unpaired) electrons. The highest BCUT2D eigenvalue weighted by Crippen LogP contribution is 2.21. The summed E-state index contributed by atoms with van der Waals surface area (Å²) < 4.78 is 54.8. The molecule has 1 aromatic carbocycles. The number of fused-ring (bicyclic) bond motifs is 1. The molecule has 6 nitrogen and oxygen atoms in total. The van der Waals surface area contributed by atoms with Gasteiger partial charge in [-0.25, -0.2) is 22.2 Å². The highest BCUT2D eigenvalue weighted by molar-refractivity contribution is 7.92. The molecule has 2 heterocycles. The van der Waals surface area contributed by atoms with Gasteiger partial charge in [0.05, 0.1) is 18.1 Å². The third kappa shape index (κ3) is 2.50. The molecule has 0 saturated carbocycles. The van der Waals surface area contributed by atoms with Gasteiger partial charge >= 0.3 is 0 Å². The topological polar surface area (TPSA) is 76.9 Å². The number of nitrogens with zero attached hydrogens (tertiary/aromatic N) is 3. The second kappa shape index (κ2) is 5.02. The maximum Gasteiger partial charge on any atom is 0.264 e. The van der Waals surface area contributed by atoms with Crippen molar-refractivity contribution in [2.24, 2.45) is 7.05 Å². The van der Waals surface area contributed by atoms with Crippen LogP contribution in [0.3, 0.4) is 0 Å². The van der Waals surface area contributed by atoms with E-state index in [-0.39, 0.29) is 5.69 Å². The molecule has 0 saturated heterocycles. The average molecular weight is 324 g/mol. The lowest BCUT2D eigenvalue weighted by Gasteiger charge is -2.08. The first-order valence-corrected chi connectivity index (χ1v) is 7.61. The molecule has 3 aromatic rings. The first-order chi connectivity index (χ1) is 10.4. The van der Waals surface area contributed by atoms with Crippen molar-refractivity contribution in [2.75, 3.05) is 4.72 Å². The van der Waals surface area contributed by atoms with E-state index in [0.29, 0.717) is 17.1 Å². The van der Waals surface area contributed by atoms with Crippen LogP contribution in [-0.4, -0.2) is 23.2 Å². The molecule has 9 heteroatoms. The highest BCUT2D eigenvalue weighted by Gasteiger charge is 2.20. The van der Waals surface area contributed by atoms with Gasteiger partial charge in [0.2, 0.25) is 0 Å². The number of anilines is 1. The number of aryl methyl sites for hydroxylation is 1. The monoisotopic (exact) mass is 324 g/mol. The van der Waals surface area contributed by atoms with Crippen molar-refractivity contribution in [2.45, 2.75) is 4.90 Å². The van der Waals surface area contributed by atoms with Crippen LogP contribution >= 0.6 is 0 Å². The average Bonchev–Trinajstić information content (AvgIpc) is 2.82. The number of pyridine rings is 1. The van der Waals surface area contributed by atoms with Gasteiger partial charge in [-0.3, -0.25) is 9.40 Å². The highest BCUT2D eigenvalue weighted by atomic mass is 32.2. The van der Waals surface area contributed by atoms with Gasteiger partial charge in [-0.15, -0.1) is 0 Å². The van der Waals surface area contributed by atoms with Crippen LogP contribution in [-0.2, 0) is 17.1 Å². The fourth-order valence-corrected chi connectivity index (χ4v) is 3.12. The van der Waals surface area contributed by atoms with Crippen LogP contribution in [0.25, 0.3) is 11.0 Å². The Balaban J connectivity index is 2.00. The zero-order valence-corrected chi connectivity index (χ0v) is 12.1. The predicted octanol–water partition coefficient (Wildman–Crippen LogP) is 2.05. The molecule has 0 atom stereocenters. The number of sulfonamides is 1. The number of halogens is 2. The lowest BCUT2D eigenvalue weighted by Crippen LogP contribution is -2.15. The van der Waals surface area contributed by atoms with E-state index in [1.54, 1.807) is 7.05 Å². The molecule has 3 rings (SSSR count). The summed E-state index contributed by atoms with van der Waals surface area (Å²) >= 11 is 0. The summed E-state index contributed by atoms with van der Waals surface area (Å²) in [7, 11) is -2.56.